The van der Waals surface area contributed by atoms with Gasteiger partial charge in [0.05, 0.1) is 5.60 Å². The fraction of sp³-hybridized carbons (Fsp3) is 0.600. The highest BCUT2D eigenvalue weighted by Gasteiger charge is 2.22. The highest BCUT2D eigenvalue weighted by atomic mass is 127. The molecule has 27 heavy (non-hydrogen) atoms. The van der Waals surface area contributed by atoms with E-state index in [0.29, 0.717) is 13.1 Å². The smallest absolute Gasteiger partial charge is 0.227 e. The number of hydrogen-bond acceptors (Lipinski definition) is 3. The number of benzene rings is 1. The van der Waals surface area contributed by atoms with Gasteiger partial charge in [0.15, 0.2) is 5.96 Å². The second-order valence-corrected chi connectivity index (χ2v) is 7.41. The average Bonchev–Trinajstić information content (AvgIpc) is 3.17. The van der Waals surface area contributed by atoms with E-state index in [0.717, 1.165) is 42.9 Å². The van der Waals surface area contributed by atoms with Crippen molar-refractivity contribution in [2.75, 3.05) is 26.0 Å². The van der Waals surface area contributed by atoms with E-state index in [1.165, 1.54) is 0 Å². The van der Waals surface area contributed by atoms with Gasteiger partial charge in [-0.2, -0.15) is 0 Å². The summed E-state index contributed by atoms with van der Waals surface area (Å²) < 4.78 is 5.40. The maximum Gasteiger partial charge on any atom is 0.227 e. The molecule has 0 spiro atoms. The number of rotatable bonds is 7. The SMILES string of the molecule is CN=C(NCc1cccc(NC(=O)C2CCCC2)c1)NCC(C)(C)OC.I. The van der Waals surface area contributed by atoms with Gasteiger partial charge in [0.2, 0.25) is 5.91 Å². The van der Waals surface area contributed by atoms with Crippen molar-refractivity contribution in [3.05, 3.63) is 29.8 Å². The van der Waals surface area contributed by atoms with Crippen LogP contribution in [-0.2, 0) is 16.1 Å². The zero-order valence-electron chi connectivity index (χ0n) is 16.8. The Kier molecular flexibility index (Phi) is 10.1. The number of nitrogens with zero attached hydrogens (tertiary/aromatic N) is 1. The molecule has 2 rings (SSSR count). The van der Waals surface area contributed by atoms with Gasteiger partial charge in [0.25, 0.3) is 0 Å². The van der Waals surface area contributed by atoms with E-state index >= 15 is 0 Å². The van der Waals surface area contributed by atoms with E-state index in [4.69, 9.17) is 4.74 Å². The Hall–Kier alpha value is -1.35. The summed E-state index contributed by atoms with van der Waals surface area (Å²) in [6, 6.07) is 7.94. The minimum absolute atomic E-state index is 0. The van der Waals surface area contributed by atoms with E-state index in [1.807, 2.05) is 38.1 Å². The van der Waals surface area contributed by atoms with Gasteiger partial charge >= 0.3 is 0 Å². The molecule has 0 bridgehead atoms. The number of guanidine groups is 1. The fourth-order valence-corrected chi connectivity index (χ4v) is 2.97. The number of methoxy groups -OCH3 is 1. The number of hydrogen-bond donors (Lipinski definition) is 3. The first kappa shape index (κ1) is 23.7. The number of halogens is 1. The maximum atomic E-state index is 12.3. The molecule has 0 aliphatic heterocycles. The summed E-state index contributed by atoms with van der Waals surface area (Å²) in [4.78, 5) is 16.5. The molecule has 0 aromatic heterocycles. The minimum atomic E-state index is -0.262. The van der Waals surface area contributed by atoms with Crippen LogP contribution in [0, 0.1) is 5.92 Å². The lowest BCUT2D eigenvalue weighted by Gasteiger charge is -2.24. The normalized spacial score (nSPS) is 15.2. The molecule has 1 saturated carbocycles. The Morgan fingerprint density at radius 3 is 2.59 bits per heavy atom. The largest absolute Gasteiger partial charge is 0.377 e. The summed E-state index contributed by atoms with van der Waals surface area (Å²) in [6.45, 7) is 5.31. The van der Waals surface area contributed by atoms with Gasteiger partial charge in [-0.3, -0.25) is 9.79 Å². The topological polar surface area (TPSA) is 74.8 Å². The third-order valence-electron chi connectivity index (χ3n) is 4.84. The maximum absolute atomic E-state index is 12.3. The van der Waals surface area contributed by atoms with E-state index in [1.54, 1.807) is 14.2 Å². The standard InChI is InChI=1S/C20H32N4O2.HI/c1-20(2,26-4)14-23-19(21-3)22-13-15-8-7-11-17(12-15)24-18(25)16-9-5-6-10-16;/h7-8,11-12,16H,5-6,9-10,13-14H2,1-4H3,(H,24,25)(H2,21,22,23);1H. The number of aliphatic imine (C=N–C) groups is 1. The molecule has 1 aromatic rings. The Morgan fingerprint density at radius 1 is 1.26 bits per heavy atom. The summed E-state index contributed by atoms with van der Waals surface area (Å²) in [5, 5.41) is 9.60. The molecule has 6 nitrogen and oxygen atoms in total. The van der Waals surface area contributed by atoms with Crippen molar-refractivity contribution in [2.45, 2.75) is 51.7 Å². The third-order valence-corrected chi connectivity index (χ3v) is 4.84. The first-order valence-electron chi connectivity index (χ1n) is 9.33. The monoisotopic (exact) mass is 488 g/mol. The molecule has 0 heterocycles. The van der Waals surface area contributed by atoms with Crippen LogP contribution < -0.4 is 16.0 Å². The average molecular weight is 488 g/mol. The zero-order valence-corrected chi connectivity index (χ0v) is 19.1. The van der Waals surface area contributed by atoms with Gasteiger partial charge in [-0.25, -0.2) is 0 Å². The van der Waals surface area contributed by atoms with E-state index in [-0.39, 0.29) is 41.4 Å². The van der Waals surface area contributed by atoms with Crippen molar-refractivity contribution in [3.63, 3.8) is 0 Å². The van der Waals surface area contributed by atoms with Crippen molar-refractivity contribution < 1.29 is 9.53 Å². The van der Waals surface area contributed by atoms with Gasteiger partial charge in [-0.05, 0) is 44.4 Å². The van der Waals surface area contributed by atoms with Crippen molar-refractivity contribution >= 4 is 41.5 Å². The zero-order chi connectivity index (χ0) is 19.0. The fourth-order valence-electron chi connectivity index (χ4n) is 2.97. The Morgan fingerprint density at radius 2 is 1.96 bits per heavy atom. The summed E-state index contributed by atoms with van der Waals surface area (Å²) >= 11 is 0. The van der Waals surface area contributed by atoms with Crippen LogP contribution in [0.3, 0.4) is 0 Å². The predicted molar refractivity (Wildman–Crippen MR) is 122 cm³/mol. The van der Waals surface area contributed by atoms with Gasteiger partial charge in [-0.15, -0.1) is 24.0 Å². The Labute approximate surface area is 179 Å². The predicted octanol–water partition coefficient (Wildman–Crippen LogP) is 3.52. The Balaban J connectivity index is 0.00000364. The molecule has 152 valence electrons. The number of amides is 1. The van der Waals surface area contributed by atoms with Crippen molar-refractivity contribution in [2.24, 2.45) is 10.9 Å². The summed E-state index contributed by atoms with van der Waals surface area (Å²) in [6.07, 6.45) is 4.34. The molecule has 3 N–H and O–H groups in total. The van der Waals surface area contributed by atoms with Gasteiger partial charge < -0.3 is 20.7 Å². The van der Waals surface area contributed by atoms with Crippen LogP contribution >= 0.6 is 24.0 Å². The summed E-state index contributed by atoms with van der Waals surface area (Å²) in [5.41, 5.74) is 1.68. The van der Waals surface area contributed by atoms with Crippen molar-refractivity contribution in [3.8, 4) is 0 Å². The molecule has 0 unspecified atom stereocenters. The van der Waals surface area contributed by atoms with Crippen molar-refractivity contribution in [1.29, 1.82) is 0 Å². The first-order valence-corrected chi connectivity index (χ1v) is 9.33. The Bertz CT molecular complexity index is 628. The number of ether oxygens (including phenoxy) is 1. The van der Waals surface area contributed by atoms with Crippen LogP contribution in [-0.4, -0.2) is 38.2 Å². The van der Waals surface area contributed by atoms with Crippen LogP contribution in [0.5, 0.6) is 0 Å². The van der Waals surface area contributed by atoms with E-state index < -0.39 is 0 Å². The van der Waals surface area contributed by atoms with E-state index in [9.17, 15) is 4.79 Å². The molecule has 1 amide bonds. The molecule has 0 radical (unpaired) electrons. The summed E-state index contributed by atoms with van der Waals surface area (Å²) in [7, 11) is 3.44. The molecular formula is C20H33IN4O2. The lowest BCUT2D eigenvalue weighted by molar-refractivity contribution is -0.119. The number of nitrogens with one attached hydrogen (secondary N) is 3. The first-order chi connectivity index (χ1) is 12.4. The minimum Gasteiger partial charge on any atom is -0.377 e. The van der Waals surface area contributed by atoms with Crippen LogP contribution in [0.4, 0.5) is 5.69 Å². The molecule has 1 fully saturated rings. The van der Waals surface area contributed by atoms with Crippen LogP contribution in [0.1, 0.15) is 45.1 Å². The van der Waals surface area contributed by atoms with E-state index in [2.05, 4.69) is 20.9 Å². The quantitative estimate of drug-likeness (QED) is 0.312. The molecule has 1 aromatic carbocycles. The molecule has 0 atom stereocenters. The third kappa shape index (κ3) is 8.04. The van der Waals surface area contributed by atoms with Gasteiger partial charge in [0, 0.05) is 38.9 Å². The second-order valence-electron chi connectivity index (χ2n) is 7.41. The number of anilines is 1. The lowest BCUT2D eigenvalue weighted by atomic mass is 10.1. The summed E-state index contributed by atoms with van der Waals surface area (Å²) in [5.74, 6) is 1.03. The van der Waals surface area contributed by atoms with Gasteiger partial charge in [0.1, 0.15) is 0 Å². The molecular weight excluding hydrogens is 455 g/mol. The van der Waals surface area contributed by atoms with Gasteiger partial charge in [-0.1, -0.05) is 25.0 Å². The molecule has 7 heteroatoms. The van der Waals surface area contributed by atoms with Crippen molar-refractivity contribution in [1.82, 2.24) is 10.6 Å². The van der Waals surface area contributed by atoms with Crippen LogP contribution in [0.15, 0.2) is 29.3 Å². The lowest BCUT2D eigenvalue weighted by Crippen LogP contribution is -2.45. The van der Waals surface area contributed by atoms with Crippen LogP contribution in [0.2, 0.25) is 0 Å². The van der Waals surface area contributed by atoms with Crippen LogP contribution in [0.25, 0.3) is 0 Å². The highest BCUT2D eigenvalue weighted by Crippen LogP contribution is 2.26. The number of carbonyl (C=O) groups is 1. The molecule has 1 aliphatic carbocycles. The second kappa shape index (κ2) is 11.5. The molecule has 1 aliphatic rings. The molecule has 0 saturated heterocycles. The highest BCUT2D eigenvalue weighted by molar-refractivity contribution is 14.0. The number of carbonyl (C=O) groups excluding carboxylic acids is 1.